The summed E-state index contributed by atoms with van der Waals surface area (Å²) in [6.45, 7) is 6.53. The summed E-state index contributed by atoms with van der Waals surface area (Å²) in [6, 6.07) is 7.79. The first-order valence-electron chi connectivity index (χ1n) is 8.97. The molecule has 0 aliphatic carbocycles. The molecule has 0 amide bonds. The van der Waals surface area contributed by atoms with Crippen molar-refractivity contribution in [3.63, 3.8) is 0 Å². The van der Waals surface area contributed by atoms with Gasteiger partial charge in [-0.15, -0.1) is 0 Å². The molecular weight excluding hydrogens is 374 g/mol. The number of nitrogens with one attached hydrogen (secondary N) is 1. The van der Waals surface area contributed by atoms with Crippen molar-refractivity contribution < 1.29 is 9.59 Å². The number of nitrogens with zero attached hydrogens (tertiary/aromatic N) is 4. The molecule has 1 aromatic rings. The molecule has 0 bridgehead atoms. The highest BCUT2D eigenvalue weighted by Crippen LogP contribution is 2.49. The molecule has 8 heteroatoms. The van der Waals surface area contributed by atoms with Gasteiger partial charge in [0.15, 0.2) is 6.29 Å². The lowest BCUT2D eigenvalue weighted by molar-refractivity contribution is -0.114. The molecule has 2 aliphatic heterocycles. The van der Waals surface area contributed by atoms with Gasteiger partial charge in [0.1, 0.15) is 10.9 Å². The number of rotatable bonds is 8. The molecular formula is C20H23N5O2S. The normalized spacial score (nSPS) is 18.8. The van der Waals surface area contributed by atoms with Crippen molar-refractivity contribution in [1.82, 2.24) is 10.2 Å². The highest BCUT2D eigenvalue weighted by Gasteiger charge is 2.41. The topological polar surface area (TPSA) is 77.4 Å². The van der Waals surface area contributed by atoms with E-state index in [0.29, 0.717) is 23.7 Å². The van der Waals surface area contributed by atoms with Crippen molar-refractivity contribution in [1.29, 1.82) is 0 Å². The number of fused-ring (bicyclic) bond motifs is 3. The first-order valence-corrected chi connectivity index (χ1v) is 9.79. The van der Waals surface area contributed by atoms with E-state index in [9.17, 15) is 9.59 Å². The van der Waals surface area contributed by atoms with E-state index in [1.54, 1.807) is 0 Å². The molecule has 0 unspecified atom stereocenters. The zero-order valence-corrected chi connectivity index (χ0v) is 16.8. The number of para-hydroxylation sites is 1. The fraction of sp³-hybridized carbons (Fsp3) is 0.300. The average molecular weight is 398 g/mol. The maximum atomic E-state index is 12.9. The second-order valence-electron chi connectivity index (χ2n) is 6.41. The van der Waals surface area contributed by atoms with Crippen LogP contribution in [0.3, 0.4) is 0 Å². The number of carbonyl (C=O) groups is 2. The van der Waals surface area contributed by atoms with Crippen LogP contribution < -0.4 is 10.2 Å². The number of likely N-dealkylation sites (N-methyl/N-ethyl adjacent to an activating group) is 2. The zero-order valence-electron chi connectivity index (χ0n) is 16.0. The van der Waals surface area contributed by atoms with Gasteiger partial charge in [-0.3, -0.25) is 24.5 Å². The number of hydrogen-bond donors (Lipinski definition) is 1. The second kappa shape index (κ2) is 9.09. The summed E-state index contributed by atoms with van der Waals surface area (Å²) in [7, 11) is 3.95. The average Bonchev–Trinajstić information content (AvgIpc) is 3.08. The minimum Gasteiger partial charge on any atom is -0.318 e. The standard InChI is InChI=1S/C20H23N5O2S/c1-21-8-10-24(3)11-9-23-19-14(12-22-2)18(27)15(13-26)20-25(19)16-6-4-5-7-17(16)28-20/h4-7,12-13,21H,2,8-11H2,1,3H3/b14-12-,23-19?. The molecule has 3 rings (SSSR count). The molecule has 1 N–H and O–H groups in total. The van der Waals surface area contributed by atoms with Gasteiger partial charge >= 0.3 is 0 Å². The van der Waals surface area contributed by atoms with Crippen LogP contribution >= 0.6 is 11.8 Å². The van der Waals surface area contributed by atoms with E-state index in [1.165, 1.54) is 18.0 Å². The third-order valence-electron chi connectivity index (χ3n) is 4.51. The van der Waals surface area contributed by atoms with Gasteiger partial charge < -0.3 is 10.2 Å². The molecule has 7 nitrogen and oxygen atoms in total. The van der Waals surface area contributed by atoms with Crippen LogP contribution in [-0.2, 0) is 9.59 Å². The first-order chi connectivity index (χ1) is 13.6. The van der Waals surface area contributed by atoms with Crippen molar-refractivity contribution >= 4 is 42.1 Å². The predicted octanol–water partition coefficient (Wildman–Crippen LogP) is 1.73. The van der Waals surface area contributed by atoms with Crippen LogP contribution in [0.1, 0.15) is 0 Å². The maximum Gasteiger partial charge on any atom is 0.204 e. The van der Waals surface area contributed by atoms with Gasteiger partial charge in [0.2, 0.25) is 5.78 Å². The Labute approximate surface area is 168 Å². The van der Waals surface area contributed by atoms with Crippen LogP contribution in [0.2, 0.25) is 0 Å². The van der Waals surface area contributed by atoms with Crippen molar-refractivity contribution in [3.8, 4) is 0 Å². The first kappa shape index (κ1) is 20.2. The van der Waals surface area contributed by atoms with Gasteiger partial charge in [-0.25, -0.2) is 0 Å². The van der Waals surface area contributed by atoms with E-state index < -0.39 is 0 Å². The second-order valence-corrected chi connectivity index (χ2v) is 7.44. The Morgan fingerprint density at radius 3 is 2.82 bits per heavy atom. The van der Waals surface area contributed by atoms with Crippen LogP contribution in [0.4, 0.5) is 5.69 Å². The molecule has 0 saturated carbocycles. The molecule has 0 fully saturated rings. The number of hydrogen-bond acceptors (Lipinski definition) is 7. The fourth-order valence-electron chi connectivity index (χ4n) is 3.05. The number of benzene rings is 1. The monoisotopic (exact) mass is 397 g/mol. The van der Waals surface area contributed by atoms with Gasteiger partial charge in [0.25, 0.3) is 0 Å². The number of ketones is 1. The smallest absolute Gasteiger partial charge is 0.204 e. The lowest BCUT2D eigenvalue weighted by atomic mass is 9.99. The Kier molecular flexibility index (Phi) is 6.56. The van der Waals surface area contributed by atoms with Gasteiger partial charge in [-0.1, -0.05) is 23.9 Å². The highest BCUT2D eigenvalue weighted by atomic mass is 32.2. The molecule has 0 atom stereocenters. The minimum absolute atomic E-state index is 0.126. The molecule has 0 spiro atoms. The summed E-state index contributed by atoms with van der Waals surface area (Å²) >= 11 is 1.41. The number of Topliss-reactive ketones (excluding diaryl/α,β-unsaturated/α-hetero) is 1. The molecule has 0 saturated heterocycles. The van der Waals surface area contributed by atoms with Crippen LogP contribution in [0, 0.1) is 0 Å². The highest BCUT2D eigenvalue weighted by molar-refractivity contribution is 8.04. The summed E-state index contributed by atoms with van der Waals surface area (Å²) in [4.78, 5) is 38.1. The van der Waals surface area contributed by atoms with E-state index in [4.69, 9.17) is 4.99 Å². The Hall–Kier alpha value is -2.55. The summed E-state index contributed by atoms with van der Waals surface area (Å²) in [5, 5.41) is 3.72. The van der Waals surface area contributed by atoms with Crippen LogP contribution in [0.15, 0.2) is 61.5 Å². The quantitative estimate of drug-likeness (QED) is 0.312. The number of thioether (sulfide) groups is 1. The summed E-state index contributed by atoms with van der Waals surface area (Å²) in [5.41, 5.74) is 1.32. The molecule has 0 radical (unpaired) electrons. The number of allylic oxidation sites excluding steroid dienone is 1. The predicted molar refractivity (Wildman–Crippen MR) is 114 cm³/mol. The molecule has 28 heavy (non-hydrogen) atoms. The molecule has 2 aliphatic rings. The summed E-state index contributed by atoms with van der Waals surface area (Å²) in [5.74, 6) is 0.147. The van der Waals surface area contributed by atoms with E-state index >= 15 is 0 Å². The zero-order chi connectivity index (χ0) is 20.1. The number of carbonyl (C=O) groups excluding carboxylic acids is 2. The SMILES string of the molecule is C=N/C=C1/C(=O)C(C=O)=C2Sc3ccccc3N2C1=NCCN(C)CCNC. The Bertz CT molecular complexity index is 890. The molecule has 1 aromatic carbocycles. The Morgan fingerprint density at radius 2 is 2.11 bits per heavy atom. The molecule has 2 heterocycles. The van der Waals surface area contributed by atoms with Crippen LogP contribution in [0.25, 0.3) is 0 Å². The maximum absolute atomic E-state index is 12.9. The fourth-order valence-corrected chi connectivity index (χ4v) is 4.19. The molecule has 0 aromatic heterocycles. The lowest BCUT2D eigenvalue weighted by Gasteiger charge is -2.29. The third-order valence-corrected chi connectivity index (χ3v) is 5.67. The van der Waals surface area contributed by atoms with Crippen molar-refractivity contribution in [2.75, 3.05) is 45.2 Å². The van der Waals surface area contributed by atoms with E-state index in [1.807, 2.05) is 43.3 Å². The van der Waals surface area contributed by atoms with E-state index in [0.717, 1.165) is 30.2 Å². The van der Waals surface area contributed by atoms with Crippen molar-refractivity contribution in [2.45, 2.75) is 4.90 Å². The van der Waals surface area contributed by atoms with Gasteiger partial charge in [0, 0.05) is 30.7 Å². The number of amidine groups is 1. The number of aliphatic imine (C=N–C) groups is 2. The van der Waals surface area contributed by atoms with E-state index in [-0.39, 0.29) is 16.9 Å². The Morgan fingerprint density at radius 1 is 1.32 bits per heavy atom. The summed E-state index contributed by atoms with van der Waals surface area (Å²) in [6.07, 6.45) is 2.00. The van der Waals surface area contributed by atoms with Crippen LogP contribution in [0.5, 0.6) is 0 Å². The van der Waals surface area contributed by atoms with Crippen LogP contribution in [-0.4, -0.2) is 69.8 Å². The van der Waals surface area contributed by atoms with Gasteiger partial charge in [0.05, 0.1) is 23.4 Å². The Balaban J connectivity index is 2.00. The minimum atomic E-state index is -0.365. The lowest BCUT2D eigenvalue weighted by Crippen LogP contribution is -2.39. The van der Waals surface area contributed by atoms with Crippen molar-refractivity contribution in [2.24, 2.45) is 9.98 Å². The third kappa shape index (κ3) is 3.84. The van der Waals surface area contributed by atoms with E-state index in [2.05, 4.69) is 21.9 Å². The van der Waals surface area contributed by atoms with Gasteiger partial charge in [-0.2, -0.15) is 0 Å². The number of anilines is 1. The summed E-state index contributed by atoms with van der Waals surface area (Å²) < 4.78 is 0. The largest absolute Gasteiger partial charge is 0.318 e. The van der Waals surface area contributed by atoms with Crippen molar-refractivity contribution in [3.05, 3.63) is 46.6 Å². The van der Waals surface area contributed by atoms with Gasteiger partial charge in [-0.05, 0) is 32.9 Å². The molecule has 146 valence electrons. The number of aldehydes is 1.